The van der Waals surface area contributed by atoms with Crippen LogP contribution in [0.2, 0.25) is 0 Å². The first-order valence-electron chi connectivity index (χ1n) is 8.75. The molecule has 0 spiro atoms. The molecule has 0 N–H and O–H groups in total. The smallest absolute Gasteiger partial charge is 0.337 e. The lowest BCUT2D eigenvalue weighted by atomic mass is 10.1. The standard InChI is InChI=1S/C20H21N3O5S/c1-22-17-15(18(24)23(2)20(22)26)16(14(9-21-17)10-27-3)29-11-12-5-7-13(8-6-12)19(25)28-4/h5-9H,10-11H2,1-4H3. The first kappa shape index (κ1) is 20.8. The molecule has 2 heterocycles. The Hall–Kier alpha value is -2.91. The molecule has 1 aromatic carbocycles. The largest absolute Gasteiger partial charge is 0.465 e. The zero-order chi connectivity index (χ0) is 21.1. The fourth-order valence-electron chi connectivity index (χ4n) is 2.98. The van der Waals surface area contributed by atoms with Crippen molar-refractivity contribution in [3.05, 3.63) is 68.0 Å². The van der Waals surface area contributed by atoms with Crippen molar-refractivity contribution in [2.45, 2.75) is 17.3 Å². The first-order valence-corrected chi connectivity index (χ1v) is 9.74. The van der Waals surface area contributed by atoms with Gasteiger partial charge < -0.3 is 9.47 Å². The van der Waals surface area contributed by atoms with Gasteiger partial charge in [-0.3, -0.25) is 13.9 Å². The highest BCUT2D eigenvalue weighted by atomic mass is 32.2. The maximum atomic E-state index is 12.8. The second kappa shape index (κ2) is 8.62. The molecule has 0 bridgehead atoms. The molecular weight excluding hydrogens is 394 g/mol. The number of nitrogens with zero attached hydrogens (tertiary/aromatic N) is 3. The van der Waals surface area contributed by atoms with E-state index in [9.17, 15) is 14.4 Å². The molecule has 0 amide bonds. The van der Waals surface area contributed by atoms with E-state index in [1.807, 2.05) is 12.1 Å². The predicted molar refractivity (Wildman–Crippen MR) is 110 cm³/mol. The molecule has 0 saturated heterocycles. The summed E-state index contributed by atoms with van der Waals surface area (Å²) in [6, 6.07) is 7.08. The van der Waals surface area contributed by atoms with Crippen LogP contribution in [-0.2, 0) is 35.9 Å². The summed E-state index contributed by atoms with van der Waals surface area (Å²) in [5.41, 5.74) is 1.73. The van der Waals surface area contributed by atoms with Gasteiger partial charge in [0.15, 0.2) is 0 Å². The number of rotatable bonds is 6. The average molecular weight is 415 g/mol. The summed E-state index contributed by atoms with van der Waals surface area (Å²) in [5.74, 6) is 0.166. The molecule has 3 aromatic rings. The van der Waals surface area contributed by atoms with Gasteiger partial charge in [-0.2, -0.15) is 0 Å². The van der Waals surface area contributed by atoms with Crippen LogP contribution in [0.25, 0.3) is 11.0 Å². The van der Waals surface area contributed by atoms with Gasteiger partial charge in [-0.05, 0) is 17.7 Å². The van der Waals surface area contributed by atoms with E-state index in [0.29, 0.717) is 29.0 Å². The maximum absolute atomic E-state index is 12.8. The first-order chi connectivity index (χ1) is 13.9. The maximum Gasteiger partial charge on any atom is 0.337 e. The minimum absolute atomic E-state index is 0.290. The van der Waals surface area contributed by atoms with E-state index in [1.54, 1.807) is 32.5 Å². The van der Waals surface area contributed by atoms with Crippen molar-refractivity contribution in [2.75, 3.05) is 14.2 Å². The summed E-state index contributed by atoms with van der Waals surface area (Å²) in [5, 5.41) is 0.389. The molecule has 0 radical (unpaired) electrons. The fraction of sp³-hybridized carbons (Fsp3) is 0.300. The second-order valence-electron chi connectivity index (χ2n) is 6.43. The Labute approximate surface area is 171 Å². The quantitative estimate of drug-likeness (QED) is 0.448. The molecule has 3 rings (SSSR count). The Morgan fingerprint density at radius 1 is 1.10 bits per heavy atom. The molecule has 0 unspecified atom stereocenters. The summed E-state index contributed by atoms with van der Waals surface area (Å²) in [4.78, 5) is 41.7. The van der Waals surface area contributed by atoms with Crippen LogP contribution < -0.4 is 11.2 Å². The summed E-state index contributed by atoms with van der Waals surface area (Å²) in [6.07, 6.45) is 1.63. The number of hydrogen-bond donors (Lipinski definition) is 0. The predicted octanol–water partition coefficient (Wildman–Crippen LogP) is 1.86. The van der Waals surface area contributed by atoms with Crippen LogP contribution in [-0.4, -0.2) is 34.3 Å². The van der Waals surface area contributed by atoms with E-state index in [-0.39, 0.29) is 0 Å². The molecule has 0 aliphatic carbocycles. The third-order valence-electron chi connectivity index (χ3n) is 4.55. The molecule has 8 nitrogen and oxygen atoms in total. The number of hydrogen-bond acceptors (Lipinski definition) is 7. The third kappa shape index (κ3) is 3.96. The molecule has 29 heavy (non-hydrogen) atoms. The lowest BCUT2D eigenvalue weighted by Crippen LogP contribution is -2.37. The highest BCUT2D eigenvalue weighted by molar-refractivity contribution is 7.98. The van der Waals surface area contributed by atoms with Gasteiger partial charge in [-0.1, -0.05) is 12.1 Å². The Morgan fingerprint density at radius 2 is 1.79 bits per heavy atom. The SMILES string of the molecule is COCc1cnc2c(c1SCc1ccc(C(=O)OC)cc1)c(=O)n(C)c(=O)n2C. The Kier molecular flexibility index (Phi) is 6.19. The van der Waals surface area contributed by atoms with Gasteiger partial charge in [0.05, 0.1) is 24.7 Å². The van der Waals surface area contributed by atoms with E-state index in [1.165, 1.54) is 30.5 Å². The summed E-state index contributed by atoms with van der Waals surface area (Å²) < 4.78 is 12.4. The van der Waals surface area contributed by atoms with Gasteiger partial charge in [-0.15, -0.1) is 11.8 Å². The number of aromatic nitrogens is 3. The van der Waals surface area contributed by atoms with Crippen LogP contribution in [0.3, 0.4) is 0 Å². The lowest BCUT2D eigenvalue weighted by molar-refractivity contribution is 0.0600. The van der Waals surface area contributed by atoms with Gasteiger partial charge in [0.2, 0.25) is 0 Å². The fourth-order valence-corrected chi connectivity index (χ4v) is 4.10. The van der Waals surface area contributed by atoms with E-state index in [2.05, 4.69) is 4.98 Å². The minimum atomic E-state index is -0.427. The number of esters is 1. The number of carbonyl (C=O) groups is 1. The molecule has 9 heteroatoms. The van der Waals surface area contributed by atoms with Gasteiger partial charge in [0.1, 0.15) is 5.65 Å². The highest BCUT2D eigenvalue weighted by Crippen LogP contribution is 2.31. The summed E-state index contributed by atoms with van der Waals surface area (Å²) in [7, 11) is 5.95. The zero-order valence-electron chi connectivity index (χ0n) is 16.6. The Bertz CT molecular complexity index is 1180. The number of fused-ring (bicyclic) bond motifs is 1. The van der Waals surface area contributed by atoms with Gasteiger partial charge in [0.25, 0.3) is 5.56 Å². The highest BCUT2D eigenvalue weighted by Gasteiger charge is 2.18. The Morgan fingerprint density at radius 3 is 2.41 bits per heavy atom. The van der Waals surface area contributed by atoms with Crippen LogP contribution in [0.1, 0.15) is 21.5 Å². The van der Waals surface area contributed by atoms with Crippen molar-refractivity contribution in [2.24, 2.45) is 14.1 Å². The van der Waals surface area contributed by atoms with Crippen LogP contribution in [0.15, 0.2) is 44.9 Å². The van der Waals surface area contributed by atoms with Crippen molar-refractivity contribution in [1.82, 2.24) is 14.1 Å². The normalized spacial score (nSPS) is 11.0. The minimum Gasteiger partial charge on any atom is -0.465 e. The van der Waals surface area contributed by atoms with Crippen molar-refractivity contribution in [1.29, 1.82) is 0 Å². The lowest BCUT2D eigenvalue weighted by Gasteiger charge is -2.14. The molecule has 0 saturated carbocycles. The average Bonchev–Trinajstić information content (AvgIpc) is 2.74. The van der Waals surface area contributed by atoms with E-state index in [4.69, 9.17) is 9.47 Å². The topological polar surface area (TPSA) is 92.4 Å². The van der Waals surface area contributed by atoms with Gasteiger partial charge >= 0.3 is 11.7 Å². The molecule has 0 atom stereocenters. The zero-order valence-corrected chi connectivity index (χ0v) is 17.4. The van der Waals surface area contributed by atoms with Crippen molar-refractivity contribution in [3.8, 4) is 0 Å². The number of aryl methyl sites for hydroxylation is 1. The van der Waals surface area contributed by atoms with E-state index < -0.39 is 17.2 Å². The van der Waals surface area contributed by atoms with Crippen molar-refractivity contribution < 1.29 is 14.3 Å². The summed E-state index contributed by atoms with van der Waals surface area (Å²) >= 11 is 1.46. The number of benzene rings is 1. The Balaban J connectivity index is 2.05. The number of carbonyl (C=O) groups excluding carboxylic acids is 1. The van der Waals surface area contributed by atoms with E-state index in [0.717, 1.165) is 20.6 Å². The van der Waals surface area contributed by atoms with Crippen molar-refractivity contribution in [3.63, 3.8) is 0 Å². The number of methoxy groups -OCH3 is 2. The van der Waals surface area contributed by atoms with Crippen LogP contribution in [0.4, 0.5) is 0 Å². The molecule has 2 aromatic heterocycles. The third-order valence-corrected chi connectivity index (χ3v) is 5.79. The molecule has 0 aliphatic rings. The van der Waals surface area contributed by atoms with Crippen LogP contribution >= 0.6 is 11.8 Å². The number of thioether (sulfide) groups is 1. The molecule has 152 valence electrons. The van der Waals surface area contributed by atoms with Crippen molar-refractivity contribution >= 4 is 28.8 Å². The summed E-state index contributed by atoms with van der Waals surface area (Å²) in [6.45, 7) is 0.290. The number of pyridine rings is 1. The van der Waals surface area contributed by atoms with Gasteiger partial charge in [-0.25, -0.2) is 14.6 Å². The molecule has 0 aliphatic heterocycles. The van der Waals surface area contributed by atoms with Crippen LogP contribution in [0, 0.1) is 0 Å². The van der Waals surface area contributed by atoms with Crippen LogP contribution in [0.5, 0.6) is 0 Å². The van der Waals surface area contributed by atoms with E-state index >= 15 is 0 Å². The molecular formula is C20H21N3O5S. The number of ether oxygens (including phenoxy) is 2. The monoisotopic (exact) mass is 415 g/mol. The van der Waals surface area contributed by atoms with Gasteiger partial charge in [0, 0.05) is 43.6 Å². The second-order valence-corrected chi connectivity index (χ2v) is 7.41. The molecule has 0 fully saturated rings.